The molecular weight excluding hydrogens is 269 g/mol. The van der Waals surface area contributed by atoms with Crippen LogP contribution in [0.5, 0.6) is 0 Å². The molecule has 0 radical (unpaired) electrons. The van der Waals surface area contributed by atoms with Crippen molar-refractivity contribution in [1.29, 1.82) is 0 Å². The Morgan fingerprint density at radius 3 is 2.67 bits per heavy atom. The number of rotatable bonds is 5. The van der Waals surface area contributed by atoms with Crippen LogP contribution in [-0.4, -0.2) is 22.2 Å². The summed E-state index contributed by atoms with van der Waals surface area (Å²) in [4.78, 5) is 12.0. The van der Waals surface area contributed by atoms with Gasteiger partial charge in [0.05, 0.1) is 12.1 Å². The average molecular weight is 289 g/mol. The molecule has 0 bridgehead atoms. The van der Waals surface area contributed by atoms with E-state index in [0.29, 0.717) is 24.9 Å². The number of aromatic nitrogens is 2. The maximum absolute atomic E-state index is 13.4. The number of hydrogen-bond donors (Lipinski definition) is 1. The largest absolute Gasteiger partial charge is 0.355 e. The molecule has 112 valence electrons. The number of nitrogens with one attached hydrogen (secondary N) is 1. The number of hydrogen-bond acceptors (Lipinski definition) is 2. The molecule has 1 aromatic carbocycles. The standard InChI is InChI=1S/C16H20FN3O/c1-11-14(12(2)20(3)19-11)10-16(21)18-9-8-13-6-4-5-7-15(13)17/h4-7H,8-10H2,1-3H3,(H,18,21). The van der Waals surface area contributed by atoms with Crippen LogP contribution < -0.4 is 5.32 Å². The van der Waals surface area contributed by atoms with Crippen molar-refractivity contribution in [2.45, 2.75) is 26.7 Å². The predicted molar refractivity (Wildman–Crippen MR) is 79.5 cm³/mol. The molecule has 1 N–H and O–H groups in total. The lowest BCUT2D eigenvalue weighted by Crippen LogP contribution is -2.27. The van der Waals surface area contributed by atoms with E-state index in [1.807, 2.05) is 20.9 Å². The molecule has 0 aliphatic heterocycles. The molecule has 1 heterocycles. The summed E-state index contributed by atoms with van der Waals surface area (Å²) in [5.41, 5.74) is 3.45. The highest BCUT2D eigenvalue weighted by atomic mass is 19.1. The van der Waals surface area contributed by atoms with Gasteiger partial charge in [-0.2, -0.15) is 5.10 Å². The van der Waals surface area contributed by atoms with Gasteiger partial charge in [0.1, 0.15) is 5.82 Å². The normalized spacial score (nSPS) is 10.7. The van der Waals surface area contributed by atoms with Gasteiger partial charge in [0.2, 0.25) is 5.91 Å². The van der Waals surface area contributed by atoms with Crippen LogP contribution in [0.25, 0.3) is 0 Å². The number of amides is 1. The molecule has 0 aliphatic rings. The van der Waals surface area contributed by atoms with Crippen molar-refractivity contribution in [2.24, 2.45) is 7.05 Å². The van der Waals surface area contributed by atoms with E-state index in [0.717, 1.165) is 17.0 Å². The van der Waals surface area contributed by atoms with Gasteiger partial charge in [-0.3, -0.25) is 9.48 Å². The number of aryl methyl sites for hydroxylation is 2. The van der Waals surface area contributed by atoms with Gasteiger partial charge in [-0.15, -0.1) is 0 Å². The van der Waals surface area contributed by atoms with E-state index in [1.165, 1.54) is 6.07 Å². The number of carbonyl (C=O) groups is 1. The molecule has 0 saturated heterocycles. The van der Waals surface area contributed by atoms with Gasteiger partial charge >= 0.3 is 0 Å². The van der Waals surface area contributed by atoms with Gasteiger partial charge in [-0.05, 0) is 31.9 Å². The predicted octanol–water partition coefficient (Wildman–Crippen LogP) is 2.08. The van der Waals surface area contributed by atoms with E-state index in [-0.39, 0.29) is 11.7 Å². The highest BCUT2D eigenvalue weighted by Crippen LogP contribution is 2.12. The zero-order valence-electron chi connectivity index (χ0n) is 12.6. The van der Waals surface area contributed by atoms with Gasteiger partial charge in [-0.25, -0.2) is 4.39 Å². The molecule has 5 heteroatoms. The van der Waals surface area contributed by atoms with Crippen LogP contribution >= 0.6 is 0 Å². The number of carbonyl (C=O) groups excluding carboxylic acids is 1. The fourth-order valence-electron chi connectivity index (χ4n) is 2.33. The Kier molecular flexibility index (Phi) is 4.73. The van der Waals surface area contributed by atoms with Crippen molar-refractivity contribution < 1.29 is 9.18 Å². The van der Waals surface area contributed by atoms with Gasteiger partial charge in [-0.1, -0.05) is 18.2 Å². The lowest BCUT2D eigenvalue weighted by Gasteiger charge is -2.06. The van der Waals surface area contributed by atoms with Gasteiger partial charge in [0.15, 0.2) is 0 Å². The van der Waals surface area contributed by atoms with Crippen molar-refractivity contribution in [3.05, 3.63) is 52.6 Å². The average Bonchev–Trinajstić information content (AvgIpc) is 2.68. The van der Waals surface area contributed by atoms with E-state index in [9.17, 15) is 9.18 Å². The van der Waals surface area contributed by atoms with E-state index in [2.05, 4.69) is 10.4 Å². The third-order valence-corrected chi connectivity index (χ3v) is 3.67. The Hall–Kier alpha value is -2.17. The molecular formula is C16H20FN3O. The first-order chi connectivity index (χ1) is 9.99. The first kappa shape index (κ1) is 15.2. The van der Waals surface area contributed by atoms with E-state index < -0.39 is 0 Å². The molecule has 0 atom stereocenters. The monoisotopic (exact) mass is 289 g/mol. The lowest BCUT2D eigenvalue weighted by atomic mass is 10.1. The second kappa shape index (κ2) is 6.52. The third-order valence-electron chi connectivity index (χ3n) is 3.67. The zero-order chi connectivity index (χ0) is 15.4. The zero-order valence-corrected chi connectivity index (χ0v) is 12.6. The van der Waals surface area contributed by atoms with Crippen LogP contribution in [-0.2, 0) is 24.7 Å². The van der Waals surface area contributed by atoms with Crippen LogP contribution in [0.3, 0.4) is 0 Å². The van der Waals surface area contributed by atoms with E-state index in [1.54, 1.807) is 22.9 Å². The Balaban J connectivity index is 1.87. The molecule has 4 nitrogen and oxygen atoms in total. The quantitative estimate of drug-likeness (QED) is 0.916. The van der Waals surface area contributed by atoms with Crippen LogP contribution in [0, 0.1) is 19.7 Å². The topological polar surface area (TPSA) is 46.9 Å². The minimum Gasteiger partial charge on any atom is -0.355 e. The molecule has 0 fully saturated rings. The minimum atomic E-state index is -0.231. The van der Waals surface area contributed by atoms with Gasteiger partial charge in [0, 0.05) is 24.8 Å². The SMILES string of the molecule is Cc1nn(C)c(C)c1CC(=O)NCCc1ccccc1F. The summed E-state index contributed by atoms with van der Waals surface area (Å²) < 4.78 is 15.2. The summed E-state index contributed by atoms with van der Waals surface area (Å²) in [5.74, 6) is -0.295. The minimum absolute atomic E-state index is 0.0643. The van der Waals surface area contributed by atoms with Gasteiger partial charge < -0.3 is 5.32 Å². The Bertz CT molecular complexity index is 649. The maximum Gasteiger partial charge on any atom is 0.224 e. The van der Waals surface area contributed by atoms with Crippen molar-refractivity contribution in [2.75, 3.05) is 6.54 Å². The molecule has 2 aromatic rings. The smallest absolute Gasteiger partial charge is 0.224 e. The van der Waals surface area contributed by atoms with Crippen molar-refractivity contribution in [3.8, 4) is 0 Å². The first-order valence-corrected chi connectivity index (χ1v) is 6.98. The number of halogens is 1. The van der Waals surface area contributed by atoms with Crippen LogP contribution in [0.4, 0.5) is 4.39 Å². The fourth-order valence-corrected chi connectivity index (χ4v) is 2.33. The van der Waals surface area contributed by atoms with E-state index >= 15 is 0 Å². The van der Waals surface area contributed by atoms with Crippen molar-refractivity contribution >= 4 is 5.91 Å². The van der Waals surface area contributed by atoms with Crippen molar-refractivity contribution in [3.63, 3.8) is 0 Å². The molecule has 1 aromatic heterocycles. The Morgan fingerprint density at radius 2 is 2.05 bits per heavy atom. The van der Waals surface area contributed by atoms with E-state index in [4.69, 9.17) is 0 Å². The molecule has 0 unspecified atom stereocenters. The summed E-state index contributed by atoms with van der Waals surface area (Å²) >= 11 is 0. The molecule has 1 amide bonds. The molecule has 0 spiro atoms. The van der Waals surface area contributed by atoms with Gasteiger partial charge in [0.25, 0.3) is 0 Å². The highest BCUT2D eigenvalue weighted by Gasteiger charge is 2.13. The highest BCUT2D eigenvalue weighted by molar-refractivity contribution is 5.79. The van der Waals surface area contributed by atoms with Crippen LogP contribution in [0.1, 0.15) is 22.5 Å². The fraction of sp³-hybridized carbons (Fsp3) is 0.375. The summed E-state index contributed by atoms with van der Waals surface area (Å²) in [6.07, 6.45) is 0.798. The molecule has 2 rings (SSSR count). The maximum atomic E-state index is 13.4. The van der Waals surface area contributed by atoms with Crippen LogP contribution in [0.2, 0.25) is 0 Å². The first-order valence-electron chi connectivity index (χ1n) is 6.98. The summed E-state index contributed by atoms with van der Waals surface area (Å²) in [6, 6.07) is 6.62. The second-order valence-corrected chi connectivity index (χ2v) is 5.14. The lowest BCUT2D eigenvalue weighted by molar-refractivity contribution is -0.120. The Morgan fingerprint density at radius 1 is 1.33 bits per heavy atom. The Labute approximate surface area is 124 Å². The summed E-state index contributed by atoms with van der Waals surface area (Å²) in [5, 5.41) is 7.12. The van der Waals surface area contributed by atoms with Crippen molar-refractivity contribution in [1.82, 2.24) is 15.1 Å². The molecule has 0 saturated carbocycles. The molecule has 0 aliphatic carbocycles. The number of benzene rings is 1. The third kappa shape index (κ3) is 3.68. The van der Waals surface area contributed by atoms with Crippen LogP contribution in [0.15, 0.2) is 24.3 Å². The number of nitrogens with zero attached hydrogens (tertiary/aromatic N) is 2. The summed E-state index contributed by atoms with van der Waals surface area (Å²) in [6.45, 7) is 4.27. The molecule has 21 heavy (non-hydrogen) atoms. The second-order valence-electron chi connectivity index (χ2n) is 5.14. The summed E-state index contributed by atoms with van der Waals surface area (Å²) in [7, 11) is 1.86.